The minimum atomic E-state index is -3.95. The number of non-ortho nitro benzene ring substituents is 1. The number of nitro groups is 1. The molecular weight excluding hydrogens is 348 g/mol. The highest BCUT2D eigenvalue weighted by molar-refractivity contribution is 7.89. The first-order valence-corrected chi connectivity index (χ1v) is 8.74. The quantitative estimate of drug-likeness (QED) is 0.436. The maximum atomic E-state index is 12.6. The number of hydrogen-bond acceptors (Lipinski definition) is 6. The summed E-state index contributed by atoms with van der Waals surface area (Å²) < 4.78 is 38.2. The minimum absolute atomic E-state index is 0.0926. The van der Waals surface area contributed by atoms with E-state index in [0.29, 0.717) is 5.56 Å². The van der Waals surface area contributed by atoms with Crippen LogP contribution in [0, 0.1) is 10.1 Å². The van der Waals surface area contributed by atoms with E-state index in [-0.39, 0.29) is 10.6 Å². The van der Waals surface area contributed by atoms with Crippen molar-refractivity contribution >= 4 is 15.7 Å². The van der Waals surface area contributed by atoms with E-state index < -0.39 is 27.3 Å². The van der Waals surface area contributed by atoms with Gasteiger partial charge < -0.3 is 9.47 Å². The van der Waals surface area contributed by atoms with Gasteiger partial charge in [-0.2, -0.15) is 4.72 Å². The highest BCUT2D eigenvalue weighted by Crippen LogP contribution is 2.23. The zero-order valence-electron chi connectivity index (χ0n) is 13.7. The standard InChI is InChI=1S/C16H18N2O6S/c1-23-16(24-2)15(12-6-4-3-5-7-12)17-25(21,22)14-10-8-13(9-11-14)18(19)20/h3-11,15-17H,1-2H3. The number of nitro benzene ring substituents is 1. The average molecular weight is 366 g/mol. The Balaban J connectivity index is 2.34. The van der Waals surface area contributed by atoms with E-state index >= 15 is 0 Å². The topological polar surface area (TPSA) is 108 Å². The molecule has 0 fully saturated rings. The van der Waals surface area contributed by atoms with Crippen molar-refractivity contribution in [2.24, 2.45) is 0 Å². The Bertz CT molecular complexity index is 804. The van der Waals surface area contributed by atoms with Gasteiger partial charge in [0.1, 0.15) is 0 Å². The molecule has 0 amide bonds. The molecule has 0 aliphatic heterocycles. The first-order chi connectivity index (χ1) is 11.9. The van der Waals surface area contributed by atoms with Crippen LogP contribution in [0.5, 0.6) is 0 Å². The zero-order valence-corrected chi connectivity index (χ0v) is 14.5. The van der Waals surface area contributed by atoms with E-state index in [1.54, 1.807) is 30.3 Å². The van der Waals surface area contributed by atoms with Crippen LogP contribution in [0.3, 0.4) is 0 Å². The zero-order chi connectivity index (χ0) is 18.4. The van der Waals surface area contributed by atoms with Crippen LogP contribution in [0.15, 0.2) is 59.5 Å². The Morgan fingerprint density at radius 2 is 1.56 bits per heavy atom. The predicted molar refractivity (Wildman–Crippen MR) is 90.4 cm³/mol. The van der Waals surface area contributed by atoms with Gasteiger partial charge in [-0.25, -0.2) is 8.42 Å². The summed E-state index contributed by atoms with van der Waals surface area (Å²) in [4.78, 5) is 10.0. The summed E-state index contributed by atoms with van der Waals surface area (Å²) >= 11 is 0. The molecule has 134 valence electrons. The Morgan fingerprint density at radius 1 is 1.00 bits per heavy atom. The first kappa shape index (κ1) is 19.0. The van der Waals surface area contributed by atoms with Crippen molar-refractivity contribution in [1.82, 2.24) is 4.72 Å². The van der Waals surface area contributed by atoms with Crippen molar-refractivity contribution < 1.29 is 22.8 Å². The number of hydrogen-bond donors (Lipinski definition) is 1. The lowest BCUT2D eigenvalue weighted by Crippen LogP contribution is -2.38. The molecule has 2 aromatic carbocycles. The van der Waals surface area contributed by atoms with Crippen LogP contribution in [0.25, 0.3) is 0 Å². The third-order valence-electron chi connectivity index (χ3n) is 3.54. The van der Waals surface area contributed by atoms with Crippen molar-refractivity contribution in [3.63, 3.8) is 0 Å². The van der Waals surface area contributed by atoms with Crippen LogP contribution in [-0.4, -0.2) is 33.9 Å². The van der Waals surface area contributed by atoms with Crippen molar-refractivity contribution in [1.29, 1.82) is 0 Å². The lowest BCUT2D eigenvalue weighted by atomic mass is 10.1. The van der Waals surface area contributed by atoms with Crippen LogP contribution in [0.2, 0.25) is 0 Å². The molecule has 1 atom stereocenters. The van der Waals surface area contributed by atoms with Gasteiger partial charge in [-0.1, -0.05) is 30.3 Å². The molecule has 0 aliphatic carbocycles. The second-order valence-corrected chi connectivity index (χ2v) is 6.81. The van der Waals surface area contributed by atoms with Crippen LogP contribution in [0.4, 0.5) is 5.69 Å². The molecule has 2 aromatic rings. The molecule has 0 radical (unpaired) electrons. The van der Waals surface area contributed by atoms with Gasteiger partial charge in [0.2, 0.25) is 10.0 Å². The fourth-order valence-corrected chi connectivity index (χ4v) is 3.50. The molecule has 1 unspecified atom stereocenters. The highest BCUT2D eigenvalue weighted by atomic mass is 32.2. The number of benzene rings is 2. The highest BCUT2D eigenvalue weighted by Gasteiger charge is 2.29. The number of methoxy groups -OCH3 is 2. The minimum Gasteiger partial charge on any atom is -0.354 e. The fraction of sp³-hybridized carbons (Fsp3) is 0.250. The summed E-state index contributed by atoms with van der Waals surface area (Å²) in [5, 5.41) is 10.7. The molecule has 9 heteroatoms. The number of nitrogens with zero attached hydrogens (tertiary/aromatic N) is 1. The third kappa shape index (κ3) is 4.60. The van der Waals surface area contributed by atoms with Crippen LogP contribution in [-0.2, 0) is 19.5 Å². The van der Waals surface area contributed by atoms with Gasteiger partial charge in [0.15, 0.2) is 6.29 Å². The van der Waals surface area contributed by atoms with Gasteiger partial charge in [0, 0.05) is 26.4 Å². The number of rotatable bonds is 8. The maximum absolute atomic E-state index is 12.6. The van der Waals surface area contributed by atoms with E-state index in [1.807, 2.05) is 0 Å². The summed E-state index contributed by atoms with van der Waals surface area (Å²) in [5.74, 6) is 0. The van der Waals surface area contributed by atoms with Crippen LogP contribution < -0.4 is 4.72 Å². The summed E-state index contributed by atoms with van der Waals surface area (Å²) in [5.41, 5.74) is 0.465. The van der Waals surface area contributed by atoms with E-state index in [2.05, 4.69) is 4.72 Å². The van der Waals surface area contributed by atoms with Gasteiger partial charge in [-0.15, -0.1) is 0 Å². The van der Waals surface area contributed by atoms with Crippen LogP contribution in [0.1, 0.15) is 11.6 Å². The SMILES string of the molecule is COC(OC)C(NS(=O)(=O)c1ccc([N+](=O)[O-])cc1)c1ccccc1. The van der Waals surface area contributed by atoms with Crippen molar-refractivity contribution in [2.75, 3.05) is 14.2 Å². The monoisotopic (exact) mass is 366 g/mol. The smallest absolute Gasteiger partial charge is 0.269 e. The molecule has 0 heterocycles. The van der Waals surface area contributed by atoms with Crippen molar-refractivity contribution in [2.45, 2.75) is 17.2 Å². The largest absolute Gasteiger partial charge is 0.354 e. The molecule has 0 bridgehead atoms. The lowest BCUT2D eigenvalue weighted by Gasteiger charge is -2.26. The van der Waals surface area contributed by atoms with E-state index in [9.17, 15) is 18.5 Å². The Hall–Kier alpha value is -2.33. The maximum Gasteiger partial charge on any atom is 0.269 e. The number of ether oxygens (including phenoxy) is 2. The molecule has 0 aliphatic rings. The van der Waals surface area contributed by atoms with E-state index in [0.717, 1.165) is 12.1 Å². The van der Waals surface area contributed by atoms with Gasteiger partial charge in [-0.05, 0) is 17.7 Å². The number of nitrogens with one attached hydrogen (secondary N) is 1. The molecule has 0 spiro atoms. The molecule has 1 N–H and O–H groups in total. The molecule has 0 saturated heterocycles. The lowest BCUT2D eigenvalue weighted by molar-refractivity contribution is -0.384. The second-order valence-electron chi connectivity index (χ2n) is 5.10. The van der Waals surface area contributed by atoms with Gasteiger partial charge in [-0.3, -0.25) is 10.1 Å². The molecule has 8 nitrogen and oxygen atoms in total. The van der Waals surface area contributed by atoms with Gasteiger partial charge in [0.25, 0.3) is 5.69 Å². The van der Waals surface area contributed by atoms with Gasteiger partial charge >= 0.3 is 0 Å². The molecule has 0 aromatic heterocycles. The second kappa shape index (κ2) is 8.17. The molecule has 25 heavy (non-hydrogen) atoms. The summed E-state index contributed by atoms with van der Waals surface area (Å²) in [6, 6.07) is 12.7. The molecular formula is C16H18N2O6S. The summed E-state index contributed by atoms with van der Waals surface area (Å²) in [6.07, 6.45) is -0.852. The predicted octanol–water partition coefficient (Wildman–Crippen LogP) is 2.23. The molecule has 0 saturated carbocycles. The Kier molecular flexibility index (Phi) is 6.21. The van der Waals surface area contributed by atoms with E-state index in [4.69, 9.17) is 9.47 Å². The first-order valence-electron chi connectivity index (χ1n) is 7.26. The average Bonchev–Trinajstić information content (AvgIpc) is 2.62. The van der Waals surface area contributed by atoms with Crippen LogP contribution >= 0.6 is 0 Å². The third-order valence-corrected chi connectivity index (χ3v) is 4.99. The Labute approximate surface area is 145 Å². The summed E-state index contributed by atoms with van der Waals surface area (Å²) in [7, 11) is -1.13. The fourth-order valence-electron chi connectivity index (χ4n) is 2.29. The summed E-state index contributed by atoms with van der Waals surface area (Å²) in [6.45, 7) is 0. The molecule has 2 rings (SSSR count). The number of sulfonamides is 1. The van der Waals surface area contributed by atoms with Crippen molar-refractivity contribution in [3.05, 3.63) is 70.3 Å². The Morgan fingerprint density at radius 3 is 2.04 bits per heavy atom. The van der Waals surface area contributed by atoms with E-state index in [1.165, 1.54) is 26.4 Å². The normalized spacial score (nSPS) is 12.9. The van der Waals surface area contributed by atoms with Crippen molar-refractivity contribution in [3.8, 4) is 0 Å². The van der Waals surface area contributed by atoms with Gasteiger partial charge in [0.05, 0.1) is 15.9 Å².